The summed E-state index contributed by atoms with van der Waals surface area (Å²) >= 11 is 0. The molecule has 0 atom stereocenters. The molecule has 1 aromatic carbocycles. The Kier molecular flexibility index (Phi) is 4.45. The van der Waals surface area contributed by atoms with Crippen molar-refractivity contribution in [3.8, 4) is 5.75 Å². The maximum absolute atomic E-state index is 11.9. The summed E-state index contributed by atoms with van der Waals surface area (Å²) in [4.78, 5) is 11.9. The molecule has 2 rings (SSSR count). The van der Waals surface area contributed by atoms with Crippen LogP contribution in [-0.2, 0) is 0 Å². The third-order valence-corrected chi connectivity index (χ3v) is 2.96. The van der Waals surface area contributed by atoms with E-state index in [1.807, 2.05) is 38.1 Å². The lowest BCUT2D eigenvalue weighted by atomic mass is 10.2. The number of aryl methyl sites for hydroxylation is 3. The van der Waals surface area contributed by atoms with Gasteiger partial charge in [0.25, 0.3) is 5.91 Å². The molecule has 2 aromatic rings. The smallest absolute Gasteiger partial charge is 0.254 e. The Hall–Kier alpha value is -2.23. The number of hydrogen-bond acceptors (Lipinski definition) is 3. The van der Waals surface area contributed by atoms with Crippen LogP contribution in [0.1, 0.15) is 27.4 Å². The molecule has 106 valence electrons. The zero-order valence-electron chi connectivity index (χ0n) is 12.0. The number of hydrogen-bond donors (Lipinski definition) is 1. The molecule has 0 radical (unpaired) electrons. The Labute approximate surface area is 118 Å². The SMILES string of the molecule is Cc1ccc(OCCNC(=O)c2cc(C)oc2C)cc1. The third-order valence-electron chi connectivity index (χ3n) is 2.96. The van der Waals surface area contributed by atoms with Crippen LogP contribution < -0.4 is 10.1 Å². The van der Waals surface area contributed by atoms with Gasteiger partial charge in [-0.3, -0.25) is 4.79 Å². The highest BCUT2D eigenvalue weighted by Gasteiger charge is 2.12. The maximum Gasteiger partial charge on any atom is 0.254 e. The average molecular weight is 273 g/mol. The van der Waals surface area contributed by atoms with Crippen LogP contribution in [0.4, 0.5) is 0 Å². The first-order valence-corrected chi connectivity index (χ1v) is 6.61. The normalized spacial score (nSPS) is 10.3. The van der Waals surface area contributed by atoms with Gasteiger partial charge >= 0.3 is 0 Å². The van der Waals surface area contributed by atoms with Gasteiger partial charge in [0.2, 0.25) is 0 Å². The minimum atomic E-state index is -0.133. The lowest BCUT2D eigenvalue weighted by Gasteiger charge is -2.07. The van der Waals surface area contributed by atoms with Crippen molar-refractivity contribution in [3.05, 3.63) is 53.0 Å². The Morgan fingerprint density at radius 1 is 1.20 bits per heavy atom. The Balaban J connectivity index is 1.77. The number of nitrogens with one attached hydrogen (secondary N) is 1. The second-order valence-corrected chi connectivity index (χ2v) is 4.74. The van der Waals surface area contributed by atoms with Gasteiger partial charge in [0.05, 0.1) is 12.1 Å². The van der Waals surface area contributed by atoms with Crippen molar-refractivity contribution in [2.75, 3.05) is 13.2 Å². The Morgan fingerprint density at radius 2 is 1.90 bits per heavy atom. The van der Waals surface area contributed by atoms with Gasteiger partial charge in [-0.2, -0.15) is 0 Å². The van der Waals surface area contributed by atoms with Crippen LogP contribution in [0.3, 0.4) is 0 Å². The van der Waals surface area contributed by atoms with Crippen LogP contribution in [0.2, 0.25) is 0 Å². The summed E-state index contributed by atoms with van der Waals surface area (Å²) in [6.45, 7) is 6.52. The summed E-state index contributed by atoms with van der Waals surface area (Å²) in [5.41, 5.74) is 1.77. The highest BCUT2D eigenvalue weighted by atomic mass is 16.5. The molecule has 0 aliphatic heterocycles. The van der Waals surface area contributed by atoms with Crippen LogP contribution in [0.5, 0.6) is 5.75 Å². The van der Waals surface area contributed by atoms with E-state index in [-0.39, 0.29) is 5.91 Å². The molecule has 0 fully saturated rings. The summed E-state index contributed by atoms with van der Waals surface area (Å²) in [6.07, 6.45) is 0. The first-order valence-electron chi connectivity index (χ1n) is 6.61. The topological polar surface area (TPSA) is 51.5 Å². The van der Waals surface area contributed by atoms with Crippen LogP contribution in [0.25, 0.3) is 0 Å². The molecular weight excluding hydrogens is 254 g/mol. The summed E-state index contributed by atoms with van der Waals surface area (Å²) in [5, 5.41) is 2.81. The van der Waals surface area contributed by atoms with E-state index in [0.29, 0.717) is 24.5 Å². The zero-order valence-corrected chi connectivity index (χ0v) is 12.0. The molecule has 1 heterocycles. The van der Waals surface area contributed by atoms with Gasteiger partial charge < -0.3 is 14.5 Å². The summed E-state index contributed by atoms with van der Waals surface area (Å²) in [6, 6.07) is 9.56. The molecule has 20 heavy (non-hydrogen) atoms. The van der Waals surface area contributed by atoms with Gasteiger partial charge in [-0.15, -0.1) is 0 Å². The first-order chi connectivity index (χ1) is 9.56. The Bertz CT molecular complexity index is 584. The van der Waals surface area contributed by atoms with Gasteiger partial charge in [0.15, 0.2) is 0 Å². The lowest BCUT2D eigenvalue weighted by Crippen LogP contribution is -2.28. The van der Waals surface area contributed by atoms with Crippen molar-refractivity contribution in [1.82, 2.24) is 5.32 Å². The van der Waals surface area contributed by atoms with Crippen molar-refractivity contribution in [1.29, 1.82) is 0 Å². The predicted molar refractivity (Wildman–Crippen MR) is 77.2 cm³/mol. The number of furan rings is 1. The van der Waals surface area contributed by atoms with Gasteiger partial charge in [0.1, 0.15) is 23.9 Å². The van der Waals surface area contributed by atoms with Crippen molar-refractivity contribution in [2.45, 2.75) is 20.8 Å². The van der Waals surface area contributed by atoms with Crippen LogP contribution in [0, 0.1) is 20.8 Å². The molecule has 0 aliphatic carbocycles. The van der Waals surface area contributed by atoms with Crippen molar-refractivity contribution < 1.29 is 13.9 Å². The van der Waals surface area contributed by atoms with E-state index in [9.17, 15) is 4.79 Å². The number of carbonyl (C=O) groups excluding carboxylic acids is 1. The number of carbonyl (C=O) groups is 1. The van der Waals surface area contributed by atoms with E-state index < -0.39 is 0 Å². The van der Waals surface area contributed by atoms with Gasteiger partial charge in [-0.05, 0) is 39.0 Å². The Morgan fingerprint density at radius 3 is 2.50 bits per heavy atom. The van der Waals surface area contributed by atoms with Crippen molar-refractivity contribution >= 4 is 5.91 Å². The predicted octanol–water partition coefficient (Wildman–Crippen LogP) is 3.01. The van der Waals surface area contributed by atoms with Gasteiger partial charge in [-0.25, -0.2) is 0 Å². The highest BCUT2D eigenvalue weighted by Crippen LogP contribution is 2.13. The third kappa shape index (κ3) is 3.63. The molecular formula is C16H19NO3. The fraction of sp³-hybridized carbons (Fsp3) is 0.312. The average Bonchev–Trinajstić information content (AvgIpc) is 2.75. The van der Waals surface area contributed by atoms with E-state index >= 15 is 0 Å². The van der Waals surface area contributed by atoms with E-state index in [1.165, 1.54) is 5.56 Å². The summed E-state index contributed by atoms with van der Waals surface area (Å²) in [5.74, 6) is 2.05. The zero-order chi connectivity index (χ0) is 14.5. The number of rotatable bonds is 5. The number of ether oxygens (including phenoxy) is 1. The first kappa shape index (κ1) is 14.2. The van der Waals surface area contributed by atoms with Crippen molar-refractivity contribution in [2.24, 2.45) is 0 Å². The molecule has 0 unspecified atom stereocenters. The van der Waals surface area contributed by atoms with E-state index in [0.717, 1.165) is 11.5 Å². The van der Waals surface area contributed by atoms with Crippen LogP contribution in [-0.4, -0.2) is 19.1 Å². The summed E-state index contributed by atoms with van der Waals surface area (Å²) in [7, 11) is 0. The maximum atomic E-state index is 11.9. The van der Waals surface area contributed by atoms with Gasteiger partial charge in [0, 0.05) is 0 Å². The molecule has 4 nitrogen and oxygen atoms in total. The standard InChI is InChI=1S/C16H19NO3/c1-11-4-6-14(7-5-11)19-9-8-17-16(18)15-10-12(2)20-13(15)3/h4-7,10H,8-9H2,1-3H3,(H,17,18). The highest BCUT2D eigenvalue weighted by molar-refractivity contribution is 5.95. The molecule has 1 N–H and O–H groups in total. The fourth-order valence-corrected chi connectivity index (χ4v) is 1.92. The molecule has 4 heteroatoms. The summed E-state index contributed by atoms with van der Waals surface area (Å²) < 4.78 is 10.9. The quantitative estimate of drug-likeness (QED) is 0.852. The molecule has 0 aliphatic rings. The van der Waals surface area contributed by atoms with E-state index in [1.54, 1.807) is 13.0 Å². The van der Waals surface area contributed by atoms with Crippen LogP contribution >= 0.6 is 0 Å². The molecule has 0 saturated carbocycles. The van der Waals surface area contributed by atoms with E-state index in [2.05, 4.69) is 5.32 Å². The van der Waals surface area contributed by atoms with Crippen LogP contribution in [0.15, 0.2) is 34.7 Å². The molecule has 0 spiro atoms. The van der Waals surface area contributed by atoms with Crippen molar-refractivity contribution in [3.63, 3.8) is 0 Å². The number of benzene rings is 1. The second-order valence-electron chi connectivity index (χ2n) is 4.74. The minimum absolute atomic E-state index is 0.133. The monoisotopic (exact) mass is 273 g/mol. The largest absolute Gasteiger partial charge is 0.492 e. The number of amides is 1. The lowest BCUT2D eigenvalue weighted by molar-refractivity contribution is 0.0945. The van der Waals surface area contributed by atoms with E-state index in [4.69, 9.17) is 9.15 Å². The molecule has 1 amide bonds. The second kappa shape index (κ2) is 6.28. The van der Waals surface area contributed by atoms with Gasteiger partial charge in [-0.1, -0.05) is 17.7 Å². The fourth-order valence-electron chi connectivity index (χ4n) is 1.92. The molecule has 0 saturated heterocycles. The molecule has 0 bridgehead atoms. The molecule has 1 aromatic heterocycles. The minimum Gasteiger partial charge on any atom is -0.492 e.